The topological polar surface area (TPSA) is 54.0 Å². The summed E-state index contributed by atoms with van der Waals surface area (Å²) in [6, 6.07) is 7.06. The highest BCUT2D eigenvalue weighted by atomic mass is 19.1. The van der Waals surface area contributed by atoms with Gasteiger partial charge in [-0.05, 0) is 50.1 Å². The van der Waals surface area contributed by atoms with Crippen molar-refractivity contribution in [2.75, 3.05) is 17.2 Å². The number of aromatic nitrogens is 1. The molecule has 0 radical (unpaired) electrons. The lowest BCUT2D eigenvalue weighted by atomic mass is 10.1. The van der Waals surface area contributed by atoms with Crippen molar-refractivity contribution in [1.29, 1.82) is 0 Å². The molecule has 5 heteroatoms. The van der Waals surface area contributed by atoms with Crippen molar-refractivity contribution in [2.24, 2.45) is 0 Å². The lowest BCUT2D eigenvalue weighted by molar-refractivity contribution is 0.102. The van der Waals surface area contributed by atoms with Crippen molar-refractivity contribution >= 4 is 17.4 Å². The molecule has 1 heterocycles. The highest BCUT2D eigenvalue weighted by Gasteiger charge is 2.16. The van der Waals surface area contributed by atoms with Gasteiger partial charge in [-0.15, -0.1) is 0 Å². The van der Waals surface area contributed by atoms with Crippen LogP contribution in [0.5, 0.6) is 0 Å². The Morgan fingerprint density at radius 2 is 1.90 bits per heavy atom. The Balaban J connectivity index is 2.26. The van der Waals surface area contributed by atoms with Gasteiger partial charge >= 0.3 is 0 Å². The Kier molecular flexibility index (Phi) is 4.52. The molecule has 1 aromatic heterocycles. The average molecular weight is 287 g/mol. The number of nitrogens with zero attached hydrogens (tertiary/aromatic N) is 1. The average Bonchev–Trinajstić information content (AvgIpc) is 2.40. The molecule has 2 rings (SSSR count). The molecular formula is C16H18FN3O. The number of hydrogen-bond acceptors (Lipinski definition) is 3. The van der Waals surface area contributed by atoms with Gasteiger partial charge in [-0.3, -0.25) is 4.79 Å². The third kappa shape index (κ3) is 3.56. The second-order valence-corrected chi connectivity index (χ2v) is 4.88. The van der Waals surface area contributed by atoms with Crippen molar-refractivity contribution in [3.05, 3.63) is 53.0 Å². The zero-order valence-corrected chi connectivity index (χ0v) is 12.3. The highest BCUT2D eigenvalue weighted by Crippen LogP contribution is 2.18. The highest BCUT2D eigenvalue weighted by molar-refractivity contribution is 6.05. The summed E-state index contributed by atoms with van der Waals surface area (Å²) in [5.41, 5.74) is 2.70. The van der Waals surface area contributed by atoms with Crippen LogP contribution in [0.25, 0.3) is 0 Å². The molecule has 0 aliphatic rings. The van der Waals surface area contributed by atoms with Crippen molar-refractivity contribution in [3.63, 3.8) is 0 Å². The molecule has 110 valence electrons. The number of benzene rings is 1. The molecule has 0 unspecified atom stereocenters. The standard InChI is InChI=1S/C16H18FN3O/c1-4-18-15-14(17)13(5-6-19-15)16(21)20-12-8-10(2)7-11(3)9-12/h5-9H,4H2,1-3H3,(H,18,19)(H,20,21). The van der Waals surface area contributed by atoms with E-state index in [9.17, 15) is 9.18 Å². The number of rotatable bonds is 4. The van der Waals surface area contributed by atoms with E-state index >= 15 is 0 Å². The van der Waals surface area contributed by atoms with Gasteiger partial charge in [0.05, 0.1) is 5.56 Å². The zero-order chi connectivity index (χ0) is 15.4. The number of carbonyl (C=O) groups is 1. The Labute approximate surface area is 123 Å². The van der Waals surface area contributed by atoms with Crippen LogP contribution in [-0.4, -0.2) is 17.4 Å². The normalized spacial score (nSPS) is 10.3. The van der Waals surface area contributed by atoms with E-state index in [0.29, 0.717) is 12.2 Å². The minimum absolute atomic E-state index is 0.0277. The maximum atomic E-state index is 14.2. The van der Waals surface area contributed by atoms with E-state index in [1.807, 2.05) is 39.0 Å². The molecule has 0 aliphatic heterocycles. The summed E-state index contributed by atoms with van der Waals surface area (Å²) in [5, 5.41) is 5.50. The molecule has 4 nitrogen and oxygen atoms in total. The largest absolute Gasteiger partial charge is 0.368 e. The van der Waals surface area contributed by atoms with E-state index in [1.54, 1.807) is 0 Å². The quantitative estimate of drug-likeness (QED) is 0.904. The first kappa shape index (κ1) is 15.0. The van der Waals surface area contributed by atoms with Crippen LogP contribution in [0.3, 0.4) is 0 Å². The summed E-state index contributed by atoms with van der Waals surface area (Å²) in [7, 11) is 0. The number of aryl methyl sites for hydroxylation is 2. The minimum atomic E-state index is -0.638. The molecule has 0 bridgehead atoms. The molecule has 0 spiro atoms. The first-order valence-electron chi connectivity index (χ1n) is 6.79. The van der Waals surface area contributed by atoms with Gasteiger partial charge in [0.15, 0.2) is 11.6 Å². The summed E-state index contributed by atoms with van der Waals surface area (Å²) >= 11 is 0. The van der Waals surface area contributed by atoms with Crippen LogP contribution in [0.2, 0.25) is 0 Å². The Bertz CT molecular complexity index is 650. The molecule has 0 fully saturated rings. The van der Waals surface area contributed by atoms with Gasteiger partial charge in [0.1, 0.15) is 0 Å². The smallest absolute Gasteiger partial charge is 0.258 e. The fraction of sp³-hybridized carbons (Fsp3) is 0.250. The molecule has 0 saturated heterocycles. The number of pyridine rings is 1. The first-order chi connectivity index (χ1) is 10.0. The van der Waals surface area contributed by atoms with Gasteiger partial charge < -0.3 is 10.6 Å². The minimum Gasteiger partial charge on any atom is -0.368 e. The van der Waals surface area contributed by atoms with Gasteiger partial charge in [-0.1, -0.05) is 6.07 Å². The van der Waals surface area contributed by atoms with Gasteiger partial charge in [0, 0.05) is 18.4 Å². The third-order valence-electron chi connectivity index (χ3n) is 2.96. The van der Waals surface area contributed by atoms with Crippen LogP contribution in [0.15, 0.2) is 30.5 Å². The van der Waals surface area contributed by atoms with Gasteiger partial charge in [-0.2, -0.15) is 0 Å². The number of nitrogens with one attached hydrogen (secondary N) is 2. The van der Waals surface area contributed by atoms with E-state index < -0.39 is 11.7 Å². The van der Waals surface area contributed by atoms with E-state index in [0.717, 1.165) is 11.1 Å². The number of halogens is 1. The molecule has 0 atom stereocenters. The van der Waals surface area contributed by atoms with E-state index in [4.69, 9.17) is 0 Å². The third-order valence-corrected chi connectivity index (χ3v) is 2.96. The molecule has 1 amide bonds. The predicted octanol–water partition coefficient (Wildman–Crippen LogP) is 3.52. The molecular weight excluding hydrogens is 269 g/mol. The second kappa shape index (κ2) is 6.35. The lowest BCUT2D eigenvalue weighted by Gasteiger charge is -2.10. The fourth-order valence-corrected chi connectivity index (χ4v) is 2.16. The van der Waals surface area contributed by atoms with E-state index in [2.05, 4.69) is 15.6 Å². The lowest BCUT2D eigenvalue weighted by Crippen LogP contribution is -2.16. The molecule has 0 saturated carbocycles. The summed E-state index contributed by atoms with van der Waals surface area (Å²) in [5.74, 6) is -1.04. The van der Waals surface area contributed by atoms with Crippen LogP contribution >= 0.6 is 0 Å². The van der Waals surface area contributed by atoms with Gasteiger partial charge in [-0.25, -0.2) is 9.37 Å². The van der Waals surface area contributed by atoms with E-state index in [1.165, 1.54) is 12.3 Å². The number of anilines is 2. The molecule has 21 heavy (non-hydrogen) atoms. The van der Waals surface area contributed by atoms with Gasteiger partial charge in [0.2, 0.25) is 0 Å². The second-order valence-electron chi connectivity index (χ2n) is 4.88. The summed E-state index contributed by atoms with van der Waals surface area (Å²) in [4.78, 5) is 16.1. The summed E-state index contributed by atoms with van der Waals surface area (Å²) in [6.07, 6.45) is 1.41. The summed E-state index contributed by atoms with van der Waals surface area (Å²) in [6.45, 7) is 6.26. The first-order valence-corrected chi connectivity index (χ1v) is 6.79. The van der Waals surface area contributed by atoms with Crippen molar-refractivity contribution in [3.8, 4) is 0 Å². The van der Waals surface area contributed by atoms with Crippen LogP contribution in [0.4, 0.5) is 15.9 Å². The van der Waals surface area contributed by atoms with Crippen molar-refractivity contribution in [2.45, 2.75) is 20.8 Å². The Morgan fingerprint density at radius 1 is 1.24 bits per heavy atom. The monoisotopic (exact) mass is 287 g/mol. The van der Waals surface area contributed by atoms with E-state index in [-0.39, 0.29) is 11.4 Å². The molecule has 0 aliphatic carbocycles. The van der Waals surface area contributed by atoms with Gasteiger partial charge in [0.25, 0.3) is 5.91 Å². The van der Waals surface area contributed by atoms with Crippen molar-refractivity contribution in [1.82, 2.24) is 4.98 Å². The Morgan fingerprint density at radius 3 is 2.52 bits per heavy atom. The predicted molar refractivity (Wildman–Crippen MR) is 82.2 cm³/mol. The fourth-order valence-electron chi connectivity index (χ4n) is 2.16. The Hall–Kier alpha value is -2.43. The van der Waals surface area contributed by atoms with Crippen LogP contribution in [0.1, 0.15) is 28.4 Å². The number of amides is 1. The molecule has 2 aromatic rings. The number of hydrogen-bond donors (Lipinski definition) is 2. The maximum absolute atomic E-state index is 14.2. The number of carbonyl (C=O) groups excluding carboxylic acids is 1. The zero-order valence-electron chi connectivity index (χ0n) is 12.3. The molecule has 2 N–H and O–H groups in total. The van der Waals surface area contributed by atoms with Crippen molar-refractivity contribution < 1.29 is 9.18 Å². The summed E-state index contributed by atoms with van der Waals surface area (Å²) < 4.78 is 14.2. The van der Waals surface area contributed by atoms with Crippen LogP contribution < -0.4 is 10.6 Å². The maximum Gasteiger partial charge on any atom is 0.258 e. The van der Waals surface area contributed by atoms with Crippen LogP contribution in [-0.2, 0) is 0 Å². The SMILES string of the molecule is CCNc1nccc(C(=O)Nc2cc(C)cc(C)c2)c1F. The van der Waals surface area contributed by atoms with Crippen LogP contribution in [0, 0.1) is 19.7 Å². The molecule has 1 aromatic carbocycles.